The Morgan fingerprint density at radius 3 is 2.42 bits per heavy atom. The molecule has 2 aliphatic rings. The second kappa shape index (κ2) is 9.83. The molecule has 0 bridgehead atoms. The molecule has 0 spiro atoms. The van der Waals surface area contributed by atoms with Gasteiger partial charge in [-0.05, 0) is 36.6 Å². The largest absolute Gasteiger partial charge is 0.493 e. The Balaban J connectivity index is 1.31. The summed E-state index contributed by atoms with van der Waals surface area (Å²) < 4.78 is 11.3. The van der Waals surface area contributed by atoms with Gasteiger partial charge in [-0.15, -0.1) is 0 Å². The molecule has 7 nitrogen and oxygen atoms in total. The molecule has 1 saturated heterocycles. The number of nitrogens with zero attached hydrogens (tertiary/aromatic N) is 2. The van der Waals surface area contributed by atoms with Gasteiger partial charge >= 0.3 is 0 Å². The van der Waals surface area contributed by atoms with Crippen LogP contribution < -0.4 is 14.8 Å². The Morgan fingerprint density at radius 1 is 1.00 bits per heavy atom. The number of hydrogen-bond donors (Lipinski definition) is 1. The van der Waals surface area contributed by atoms with E-state index < -0.39 is 0 Å². The first-order valence-corrected chi connectivity index (χ1v) is 10.8. The van der Waals surface area contributed by atoms with Crippen molar-refractivity contribution in [1.82, 2.24) is 15.1 Å². The molecule has 4 rings (SSSR count). The SMILES string of the molecule is COc1cc(C(=O)N2CCN(CC(=O)NC3CC3)CC2)ccc1OCc1ccccc1. The van der Waals surface area contributed by atoms with Crippen molar-refractivity contribution in [2.75, 3.05) is 39.8 Å². The van der Waals surface area contributed by atoms with Gasteiger partial charge in [0.2, 0.25) is 5.91 Å². The predicted octanol–water partition coefficient (Wildman–Crippen LogP) is 2.31. The average molecular weight is 424 g/mol. The molecule has 2 fully saturated rings. The van der Waals surface area contributed by atoms with E-state index in [9.17, 15) is 9.59 Å². The molecule has 7 heteroatoms. The number of carbonyl (C=O) groups excluding carboxylic acids is 2. The maximum atomic E-state index is 13.0. The fourth-order valence-electron chi connectivity index (χ4n) is 3.65. The van der Waals surface area contributed by atoms with E-state index in [1.165, 1.54) is 0 Å². The van der Waals surface area contributed by atoms with Crippen LogP contribution in [0.1, 0.15) is 28.8 Å². The van der Waals surface area contributed by atoms with Gasteiger partial charge in [0.15, 0.2) is 11.5 Å². The van der Waals surface area contributed by atoms with E-state index in [0.29, 0.717) is 62.4 Å². The standard InChI is InChI=1S/C24H29N3O4/c1-30-22-15-19(7-10-21(22)31-17-18-5-3-2-4-6-18)24(29)27-13-11-26(12-14-27)16-23(28)25-20-8-9-20/h2-7,10,15,20H,8-9,11-14,16-17H2,1H3,(H,25,28). The molecule has 1 aliphatic carbocycles. The Bertz CT molecular complexity index is 906. The lowest BCUT2D eigenvalue weighted by Gasteiger charge is -2.34. The van der Waals surface area contributed by atoms with Crippen LogP contribution in [-0.4, -0.2) is 67.5 Å². The van der Waals surface area contributed by atoms with E-state index >= 15 is 0 Å². The van der Waals surface area contributed by atoms with Crippen molar-refractivity contribution in [3.63, 3.8) is 0 Å². The summed E-state index contributed by atoms with van der Waals surface area (Å²) in [5.41, 5.74) is 1.64. The van der Waals surface area contributed by atoms with Gasteiger partial charge in [0.1, 0.15) is 6.61 Å². The van der Waals surface area contributed by atoms with Crippen LogP contribution in [0.3, 0.4) is 0 Å². The van der Waals surface area contributed by atoms with Crippen molar-refractivity contribution in [3.05, 3.63) is 59.7 Å². The second-order valence-electron chi connectivity index (χ2n) is 8.05. The third kappa shape index (κ3) is 5.76. The number of ether oxygens (including phenoxy) is 2. The summed E-state index contributed by atoms with van der Waals surface area (Å²) in [5.74, 6) is 1.19. The molecular weight excluding hydrogens is 394 g/mol. The maximum Gasteiger partial charge on any atom is 0.254 e. The number of benzene rings is 2. The number of hydrogen-bond acceptors (Lipinski definition) is 5. The van der Waals surface area contributed by atoms with Crippen LogP contribution in [0.25, 0.3) is 0 Å². The first-order chi connectivity index (χ1) is 15.1. The van der Waals surface area contributed by atoms with E-state index in [-0.39, 0.29) is 11.8 Å². The first kappa shape index (κ1) is 21.2. The van der Waals surface area contributed by atoms with Crippen LogP contribution in [0.15, 0.2) is 48.5 Å². The van der Waals surface area contributed by atoms with E-state index in [0.717, 1.165) is 18.4 Å². The molecule has 2 aromatic rings. The number of rotatable bonds is 8. The quantitative estimate of drug-likeness (QED) is 0.706. The minimum atomic E-state index is -0.0324. The normalized spacial score (nSPS) is 16.6. The summed E-state index contributed by atoms with van der Waals surface area (Å²) in [4.78, 5) is 28.9. The van der Waals surface area contributed by atoms with E-state index in [1.807, 2.05) is 35.2 Å². The molecule has 2 aromatic carbocycles. The van der Waals surface area contributed by atoms with E-state index in [1.54, 1.807) is 25.3 Å². The Labute approximate surface area is 182 Å². The highest BCUT2D eigenvalue weighted by atomic mass is 16.5. The lowest BCUT2D eigenvalue weighted by molar-refractivity contribution is -0.122. The van der Waals surface area contributed by atoms with Crippen LogP contribution in [0.2, 0.25) is 0 Å². The third-order valence-corrected chi connectivity index (χ3v) is 5.62. The summed E-state index contributed by atoms with van der Waals surface area (Å²) in [5, 5.41) is 3.01. The molecule has 1 N–H and O–H groups in total. The molecule has 0 radical (unpaired) electrons. The fourth-order valence-corrected chi connectivity index (χ4v) is 3.65. The molecule has 0 unspecified atom stereocenters. The summed E-state index contributed by atoms with van der Waals surface area (Å²) in [7, 11) is 1.57. The fraction of sp³-hybridized carbons (Fsp3) is 0.417. The van der Waals surface area contributed by atoms with Gasteiger partial charge < -0.3 is 19.7 Å². The Hall–Kier alpha value is -3.06. The topological polar surface area (TPSA) is 71.1 Å². The number of amides is 2. The average Bonchev–Trinajstić information content (AvgIpc) is 3.62. The van der Waals surface area contributed by atoms with Gasteiger partial charge in [-0.1, -0.05) is 30.3 Å². The molecular formula is C24H29N3O4. The van der Waals surface area contributed by atoms with Gasteiger partial charge in [0.05, 0.1) is 13.7 Å². The van der Waals surface area contributed by atoms with Crippen LogP contribution in [0, 0.1) is 0 Å². The predicted molar refractivity (Wildman–Crippen MR) is 117 cm³/mol. The molecule has 164 valence electrons. The summed E-state index contributed by atoms with van der Waals surface area (Å²) in [6, 6.07) is 15.6. The lowest BCUT2D eigenvalue weighted by atomic mass is 10.1. The minimum Gasteiger partial charge on any atom is -0.493 e. The van der Waals surface area contributed by atoms with Crippen LogP contribution in [0.4, 0.5) is 0 Å². The van der Waals surface area contributed by atoms with Gasteiger partial charge in [-0.25, -0.2) is 0 Å². The second-order valence-corrected chi connectivity index (χ2v) is 8.05. The zero-order chi connectivity index (χ0) is 21.6. The summed E-state index contributed by atoms with van der Waals surface area (Å²) >= 11 is 0. The van der Waals surface area contributed by atoms with Gasteiger partial charge in [0, 0.05) is 37.8 Å². The van der Waals surface area contributed by atoms with Crippen molar-refractivity contribution in [2.24, 2.45) is 0 Å². The monoisotopic (exact) mass is 423 g/mol. The van der Waals surface area contributed by atoms with Crippen LogP contribution >= 0.6 is 0 Å². The van der Waals surface area contributed by atoms with Crippen molar-refractivity contribution < 1.29 is 19.1 Å². The van der Waals surface area contributed by atoms with Crippen molar-refractivity contribution >= 4 is 11.8 Å². The molecule has 1 heterocycles. The molecule has 1 saturated carbocycles. The Kier molecular flexibility index (Phi) is 6.72. The highest BCUT2D eigenvalue weighted by molar-refractivity contribution is 5.95. The molecule has 1 aliphatic heterocycles. The molecule has 31 heavy (non-hydrogen) atoms. The van der Waals surface area contributed by atoms with E-state index in [2.05, 4.69) is 10.2 Å². The number of nitrogens with one attached hydrogen (secondary N) is 1. The van der Waals surface area contributed by atoms with Crippen molar-refractivity contribution in [2.45, 2.75) is 25.5 Å². The summed E-state index contributed by atoms with van der Waals surface area (Å²) in [6.45, 7) is 3.42. The van der Waals surface area contributed by atoms with Crippen LogP contribution in [0.5, 0.6) is 11.5 Å². The Morgan fingerprint density at radius 2 is 1.74 bits per heavy atom. The van der Waals surface area contributed by atoms with Gasteiger partial charge in [-0.3, -0.25) is 14.5 Å². The first-order valence-electron chi connectivity index (χ1n) is 10.8. The number of methoxy groups -OCH3 is 1. The lowest BCUT2D eigenvalue weighted by Crippen LogP contribution is -2.51. The summed E-state index contributed by atoms with van der Waals surface area (Å²) in [6.07, 6.45) is 2.18. The number of piperazine rings is 1. The van der Waals surface area contributed by atoms with Gasteiger partial charge in [0.25, 0.3) is 5.91 Å². The van der Waals surface area contributed by atoms with E-state index in [4.69, 9.17) is 9.47 Å². The zero-order valence-corrected chi connectivity index (χ0v) is 17.9. The highest BCUT2D eigenvalue weighted by Gasteiger charge is 2.27. The molecule has 0 aromatic heterocycles. The molecule has 0 atom stereocenters. The number of carbonyl (C=O) groups is 2. The van der Waals surface area contributed by atoms with Gasteiger partial charge in [-0.2, -0.15) is 0 Å². The van der Waals surface area contributed by atoms with Crippen LogP contribution in [-0.2, 0) is 11.4 Å². The third-order valence-electron chi connectivity index (χ3n) is 5.62. The molecule has 2 amide bonds. The zero-order valence-electron chi connectivity index (χ0n) is 17.9. The smallest absolute Gasteiger partial charge is 0.254 e. The minimum absolute atomic E-state index is 0.0324. The maximum absolute atomic E-state index is 13.0. The highest BCUT2D eigenvalue weighted by Crippen LogP contribution is 2.29. The van der Waals surface area contributed by atoms with Crippen molar-refractivity contribution in [1.29, 1.82) is 0 Å². The van der Waals surface area contributed by atoms with Crippen molar-refractivity contribution in [3.8, 4) is 11.5 Å².